The highest BCUT2D eigenvalue weighted by Crippen LogP contribution is 2.46. The number of ether oxygens (including phenoxy) is 4. The van der Waals surface area contributed by atoms with Gasteiger partial charge >= 0.3 is 12.1 Å². The number of amides is 1. The predicted octanol–water partition coefficient (Wildman–Crippen LogP) is 5.58. The number of carbonyl (C=O) groups excluding carboxylic acids is 2. The lowest BCUT2D eigenvalue weighted by Gasteiger charge is -2.27. The standard InChI is InChI=1S/C27H30Cl2N4O6/c1-27(2,3)39-26(35)33-13-16(10-18(33)24(34)38-6)31-25-30-12-15-9-14(7-8-17(15)32-25)21-22(28)19(36-4)11-20(37-5)23(21)29/h7-9,11-12,16,18H,10,13H2,1-6H3,(H,30,31,32)/t16-,18-/m1/s1. The Hall–Kier alpha value is -3.50. The summed E-state index contributed by atoms with van der Waals surface area (Å²) in [6, 6.07) is 6.11. The second kappa shape index (κ2) is 11.3. The van der Waals surface area contributed by atoms with E-state index in [1.807, 2.05) is 18.2 Å². The summed E-state index contributed by atoms with van der Waals surface area (Å²) >= 11 is 13.2. The Bertz CT molecular complexity index is 1380. The van der Waals surface area contributed by atoms with Gasteiger partial charge in [0.25, 0.3) is 0 Å². The summed E-state index contributed by atoms with van der Waals surface area (Å²) < 4.78 is 21.2. The number of hydrogen-bond acceptors (Lipinski definition) is 9. The maximum Gasteiger partial charge on any atom is 0.411 e. The number of nitrogens with one attached hydrogen (secondary N) is 1. The molecule has 0 bridgehead atoms. The number of carbonyl (C=O) groups is 2. The van der Waals surface area contributed by atoms with Gasteiger partial charge in [0.2, 0.25) is 5.95 Å². The minimum atomic E-state index is -0.778. The van der Waals surface area contributed by atoms with Crippen molar-refractivity contribution in [2.45, 2.75) is 44.9 Å². The zero-order chi connectivity index (χ0) is 28.5. The summed E-state index contributed by atoms with van der Waals surface area (Å²) in [5.74, 6) is 0.717. The first-order valence-electron chi connectivity index (χ1n) is 12.2. The summed E-state index contributed by atoms with van der Waals surface area (Å²) in [5.41, 5.74) is 1.28. The number of hydrogen-bond donors (Lipinski definition) is 1. The van der Waals surface area contributed by atoms with Crippen LogP contribution in [0.25, 0.3) is 22.0 Å². The minimum Gasteiger partial charge on any atom is -0.495 e. The first kappa shape index (κ1) is 28.5. The smallest absolute Gasteiger partial charge is 0.411 e. The summed E-state index contributed by atoms with van der Waals surface area (Å²) in [5, 5.41) is 4.70. The molecule has 0 spiro atoms. The fourth-order valence-electron chi connectivity index (χ4n) is 4.40. The second-order valence-corrected chi connectivity index (χ2v) is 10.8. The summed E-state index contributed by atoms with van der Waals surface area (Å²) in [4.78, 5) is 35.6. The van der Waals surface area contributed by atoms with Gasteiger partial charge in [0.05, 0.1) is 36.9 Å². The average Bonchev–Trinajstić information content (AvgIpc) is 3.31. The highest BCUT2D eigenvalue weighted by Gasteiger charge is 2.42. The van der Waals surface area contributed by atoms with Gasteiger partial charge in [0, 0.05) is 42.2 Å². The molecule has 0 radical (unpaired) electrons. The highest BCUT2D eigenvalue weighted by atomic mass is 35.5. The van der Waals surface area contributed by atoms with Gasteiger partial charge in [-0.15, -0.1) is 0 Å². The lowest BCUT2D eigenvalue weighted by atomic mass is 10.0. The monoisotopic (exact) mass is 576 g/mol. The van der Waals surface area contributed by atoms with E-state index < -0.39 is 23.7 Å². The van der Waals surface area contributed by atoms with Crippen LogP contribution in [-0.2, 0) is 14.3 Å². The molecule has 1 fully saturated rings. The van der Waals surface area contributed by atoms with Crippen LogP contribution in [0.2, 0.25) is 10.0 Å². The molecule has 1 aliphatic heterocycles. The number of fused-ring (bicyclic) bond motifs is 1. The molecule has 2 aromatic carbocycles. The van der Waals surface area contributed by atoms with Crippen molar-refractivity contribution in [3.05, 3.63) is 40.5 Å². The SMILES string of the molecule is COC(=O)[C@H]1C[C@@H](Nc2ncc3cc(-c4c(Cl)c(OC)cc(OC)c4Cl)ccc3n2)CN1C(=O)OC(C)(C)C. The minimum absolute atomic E-state index is 0.226. The number of benzene rings is 2. The number of esters is 1. The van der Waals surface area contributed by atoms with E-state index in [4.69, 9.17) is 42.1 Å². The van der Waals surface area contributed by atoms with E-state index in [0.29, 0.717) is 45.0 Å². The van der Waals surface area contributed by atoms with Gasteiger partial charge in [0.1, 0.15) is 23.1 Å². The van der Waals surface area contributed by atoms with Gasteiger partial charge in [0.15, 0.2) is 0 Å². The zero-order valence-electron chi connectivity index (χ0n) is 22.5. The molecule has 0 saturated carbocycles. The summed E-state index contributed by atoms with van der Waals surface area (Å²) in [6.45, 7) is 5.53. The van der Waals surface area contributed by atoms with E-state index in [2.05, 4.69) is 15.3 Å². The van der Waals surface area contributed by atoms with Crippen molar-refractivity contribution in [3.8, 4) is 22.6 Å². The molecule has 12 heteroatoms. The van der Waals surface area contributed by atoms with E-state index >= 15 is 0 Å². The molecule has 1 N–H and O–H groups in total. The van der Waals surface area contributed by atoms with Gasteiger partial charge < -0.3 is 24.3 Å². The fourth-order valence-corrected chi connectivity index (χ4v) is 5.12. The van der Waals surface area contributed by atoms with Crippen LogP contribution in [0.3, 0.4) is 0 Å². The van der Waals surface area contributed by atoms with Crippen LogP contribution in [0.15, 0.2) is 30.5 Å². The highest BCUT2D eigenvalue weighted by molar-refractivity contribution is 6.41. The number of aromatic nitrogens is 2. The number of rotatable bonds is 6. The number of halogens is 2. The normalized spacial score (nSPS) is 17.2. The molecule has 1 aliphatic rings. The molecule has 3 aromatic rings. The Morgan fingerprint density at radius 2 is 1.72 bits per heavy atom. The van der Waals surface area contributed by atoms with Crippen molar-refractivity contribution in [3.63, 3.8) is 0 Å². The molecule has 1 aromatic heterocycles. The first-order chi connectivity index (χ1) is 18.4. The topological polar surface area (TPSA) is 112 Å². The largest absolute Gasteiger partial charge is 0.495 e. The molecule has 2 atom stereocenters. The first-order valence-corrected chi connectivity index (χ1v) is 12.9. The van der Waals surface area contributed by atoms with E-state index in [9.17, 15) is 9.59 Å². The number of methoxy groups -OCH3 is 3. The van der Waals surface area contributed by atoms with E-state index in [0.717, 1.165) is 10.9 Å². The van der Waals surface area contributed by atoms with Crippen molar-refractivity contribution < 1.29 is 28.5 Å². The van der Waals surface area contributed by atoms with Crippen molar-refractivity contribution in [2.75, 3.05) is 33.2 Å². The molecular formula is C27H30Cl2N4O6. The molecule has 2 heterocycles. The Morgan fingerprint density at radius 3 is 2.31 bits per heavy atom. The second-order valence-electron chi connectivity index (χ2n) is 10.00. The number of nitrogens with zero attached hydrogens (tertiary/aromatic N) is 3. The van der Waals surface area contributed by atoms with Crippen LogP contribution in [0.4, 0.5) is 10.7 Å². The molecule has 0 unspecified atom stereocenters. The molecule has 1 amide bonds. The average molecular weight is 577 g/mol. The lowest BCUT2D eigenvalue weighted by Crippen LogP contribution is -2.44. The molecular weight excluding hydrogens is 547 g/mol. The molecule has 1 saturated heterocycles. The third-order valence-electron chi connectivity index (χ3n) is 6.18. The van der Waals surface area contributed by atoms with Gasteiger partial charge in [-0.1, -0.05) is 29.3 Å². The maximum absolute atomic E-state index is 12.7. The van der Waals surface area contributed by atoms with Gasteiger partial charge in [-0.25, -0.2) is 19.6 Å². The predicted molar refractivity (Wildman–Crippen MR) is 149 cm³/mol. The van der Waals surface area contributed by atoms with Gasteiger partial charge in [-0.3, -0.25) is 4.90 Å². The van der Waals surface area contributed by atoms with Gasteiger partial charge in [-0.05, 0) is 38.5 Å². The lowest BCUT2D eigenvalue weighted by molar-refractivity contribution is -0.145. The Kier molecular flexibility index (Phi) is 8.27. The zero-order valence-corrected chi connectivity index (χ0v) is 24.0. The summed E-state index contributed by atoms with van der Waals surface area (Å²) in [6.07, 6.45) is 1.41. The van der Waals surface area contributed by atoms with Crippen LogP contribution >= 0.6 is 23.2 Å². The van der Waals surface area contributed by atoms with E-state index in [-0.39, 0.29) is 12.6 Å². The molecule has 10 nitrogen and oxygen atoms in total. The van der Waals surface area contributed by atoms with Crippen LogP contribution < -0.4 is 14.8 Å². The van der Waals surface area contributed by atoms with Crippen molar-refractivity contribution >= 4 is 52.1 Å². The number of likely N-dealkylation sites (tertiary alicyclic amines) is 1. The molecule has 39 heavy (non-hydrogen) atoms. The van der Waals surface area contributed by atoms with Crippen LogP contribution in [-0.4, -0.2) is 72.5 Å². The van der Waals surface area contributed by atoms with E-state index in [1.165, 1.54) is 26.2 Å². The third kappa shape index (κ3) is 6.07. The van der Waals surface area contributed by atoms with Crippen molar-refractivity contribution in [1.29, 1.82) is 0 Å². The maximum atomic E-state index is 12.7. The molecule has 208 valence electrons. The van der Waals surface area contributed by atoms with Crippen molar-refractivity contribution in [1.82, 2.24) is 14.9 Å². The fraction of sp³-hybridized carbons (Fsp3) is 0.407. The summed E-state index contributed by atoms with van der Waals surface area (Å²) in [7, 11) is 4.33. The number of anilines is 1. The van der Waals surface area contributed by atoms with Crippen LogP contribution in [0.5, 0.6) is 11.5 Å². The quantitative estimate of drug-likeness (QED) is 0.375. The Morgan fingerprint density at radius 1 is 1.05 bits per heavy atom. The Labute approximate surface area is 236 Å². The molecule has 0 aliphatic carbocycles. The molecule has 4 rings (SSSR count). The Balaban J connectivity index is 1.58. The third-order valence-corrected chi connectivity index (χ3v) is 6.93. The van der Waals surface area contributed by atoms with Gasteiger partial charge in [-0.2, -0.15) is 0 Å². The van der Waals surface area contributed by atoms with Crippen molar-refractivity contribution in [2.24, 2.45) is 0 Å². The van der Waals surface area contributed by atoms with Crippen LogP contribution in [0.1, 0.15) is 27.2 Å². The van der Waals surface area contributed by atoms with E-state index in [1.54, 1.807) is 33.0 Å². The van der Waals surface area contributed by atoms with Crippen LogP contribution in [0, 0.1) is 0 Å².